The van der Waals surface area contributed by atoms with Gasteiger partial charge in [-0.1, -0.05) is 5.92 Å². The number of nitrogens with zero attached hydrogens (tertiary/aromatic N) is 1. The summed E-state index contributed by atoms with van der Waals surface area (Å²) in [6.07, 6.45) is 5.53. The number of aliphatic imine (C=N–C) groups is 1. The smallest absolute Gasteiger partial charge is 0.222 e. The molecule has 0 aromatic heterocycles. The van der Waals surface area contributed by atoms with E-state index in [-0.39, 0.29) is 11.9 Å². The zero-order valence-electron chi connectivity index (χ0n) is 10.8. The number of hydrogen-bond acceptors (Lipinski definition) is 2. The molecule has 0 saturated carbocycles. The van der Waals surface area contributed by atoms with E-state index >= 15 is 0 Å². The molecule has 0 fully saturated rings. The summed E-state index contributed by atoms with van der Waals surface area (Å²) in [5.41, 5.74) is 0. The third kappa shape index (κ3) is 9.24. The fourth-order valence-corrected chi connectivity index (χ4v) is 1.14. The Morgan fingerprint density at radius 1 is 1.41 bits per heavy atom. The Kier molecular flexibility index (Phi) is 8.57. The molecule has 0 aliphatic carbocycles. The van der Waals surface area contributed by atoms with Crippen LogP contribution in [0.3, 0.4) is 0 Å². The van der Waals surface area contributed by atoms with Crippen LogP contribution in [0.25, 0.3) is 0 Å². The van der Waals surface area contributed by atoms with Gasteiger partial charge >= 0.3 is 0 Å². The van der Waals surface area contributed by atoms with Crippen LogP contribution in [0.2, 0.25) is 0 Å². The van der Waals surface area contributed by atoms with Crippen LogP contribution in [0.1, 0.15) is 27.2 Å². The number of rotatable bonds is 6. The van der Waals surface area contributed by atoms with Crippen molar-refractivity contribution in [2.24, 2.45) is 4.99 Å². The highest BCUT2D eigenvalue weighted by Crippen LogP contribution is 1.85. The second-order valence-corrected chi connectivity index (χ2v) is 3.79. The molecule has 0 saturated heterocycles. The summed E-state index contributed by atoms with van der Waals surface area (Å²) in [6, 6.07) is 0.166. The largest absolute Gasteiger partial charge is 0.357 e. The maximum absolute atomic E-state index is 11.4. The van der Waals surface area contributed by atoms with Crippen molar-refractivity contribution >= 4 is 11.9 Å². The first-order valence-electron chi connectivity index (χ1n) is 5.85. The SMILES string of the molecule is C#CCNC(=NCCC(=O)NC(C)C)NCC. The van der Waals surface area contributed by atoms with E-state index in [0.717, 1.165) is 6.54 Å². The van der Waals surface area contributed by atoms with E-state index < -0.39 is 0 Å². The van der Waals surface area contributed by atoms with E-state index in [1.54, 1.807) is 0 Å². The topological polar surface area (TPSA) is 65.5 Å². The minimum atomic E-state index is 0.0107. The standard InChI is InChI=1S/C12H22N4O/c1-5-8-14-12(13-6-2)15-9-7-11(17)16-10(3)4/h1,10H,6-9H2,2-4H3,(H,16,17)(H2,13,14,15). The van der Waals surface area contributed by atoms with Gasteiger partial charge in [0.05, 0.1) is 13.1 Å². The van der Waals surface area contributed by atoms with Gasteiger partial charge in [0, 0.05) is 19.0 Å². The van der Waals surface area contributed by atoms with E-state index in [1.807, 2.05) is 20.8 Å². The lowest BCUT2D eigenvalue weighted by atomic mass is 10.3. The molecule has 0 atom stereocenters. The number of hydrogen-bond donors (Lipinski definition) is 3. The molecule has 0 unspecified atom stereocenters. The van der Waals surface area contributed by atoms with Gasteiger partial charge in [-0.15, -0.1) is 6.42 Å². The molecule has 3 N–H and O–H groups in total. The van der Waals surface area contributed by atoms with Crippen LogP contribution in [0.4, 0.5) is 0 Å². The van der Waals surface area contributed by atoms with Crippen LogP contribution in [0, 0.1) is 12.3 Å². The Balaban J connectivity index is 3.98. The Bertz CT molecular complexity index is 291. The van der Waals surface area contributed by atoms with Crippen LogP contribution in [-0.2, 0) is 4.79 Å². The number of nitrogens with one attached hydrogen (secondary N) is 3. The molecule has 0 rings (SSSR count). The molecule has 0 bridgehead atoms. The van der Waals surface area contributed by atoms with Crippen LogP contribution in [0.5, 0.6) is 0 Å². The Morgan fingerprint density at radius 3 is 2.65 bits per heavy atom. The van der Waals surface area contributed by atoms with E-state index in [9.17, 15) is 4.79 Å². The summed E-state index contributed by atoms with van der Waals surface area (Å²) in [5, 5.41) is 8.81. The Labute approximate surface area is 103 Å². The zero-order valence-corrected chi connectivity index (χ0v) is 10.8. The molecule has 96 valence electrons. The molecule has 0 spiro atoms. The van der Waals surface area contributed by atoms with Gasteiger partial charge in [-0.3, -0.25) is 9.79 Å². The maximum atomic E-state index is 11.4. The summed E-state index contributed by atoms with van der Waals surface area (Å²) in [6.45, 7) is 7.45. The van der Waals surface area contributed by atoms with Crippen molar-refractivity contribution in [3.05, 3.63) is 0 Å². The summed E-state index contributed by atoms with van der Waals surface area (Å²) < 4.78 is 0. The zero-order chi connectivity index (χ0) is 13.1. The lowest BCUT2D eigenvalue weighted by Gasteiger charge is -2.09. The number of terminal acetylenes is 1. The highest BCUT2D eigenvalue weighted by molar-refractivity contribution is 5.81. The minimum absolute atomic E-state index is 0.0107. The Morgan fingerprint density at radius 2 is 2.12 bits per heavy atom. The molecular formula is C12H22N4O. The van der Waals surface area contributed by atoms with Crippen molar-refractivity contribution < 1.29 is 4.79 Å². The third-order valence-corrected chi connectivity index (χ3v) is 1.76. The predicted octanol–water partition coefficient (Wildman–Crippen LogP) is 0.0894. The average Bonchev–Trinajstić information content (AvgIpc) is 2.24. The van der Waals surface area contributed by atoms with Gasteiger partial charge in [-0.25, -0.2) is 0 Å². The first-order chi connectivity index (χ1) is 8.10. The van der Waals surface area contributed by atoms with Crippen LogP contribution in [0.15, 0.2) is 4.99 Å². The predicted molar refractivity (Wildman–Crippen MR) is 70.7 cm³/mol. The summed E-state index contributed by atoms with van der Waals surface area (Å²) in [5.74, 6) is 3.12. The van der Waals surface area contributed by atoms with Crippen molar-refractivity contribution in [1.82, 2.24) is 16.0 Å². The van der Waals surface area contributed by atoms with E-state index in [4.69, 9.17) is 6.42 Å². The van der Waals surface area contributed by atoms with Gasteiger partial charge in [0.15, 0.2) is 5.96 Å². The monoisotopic (exact) mass is 238 g/mol. The maximum Gasteiger partial charge on any atom is 0.222 e. The lowest BCUT2D eigenvalue weighted by molar-refractivity contribution is -0.121. The van der Waals surface area contributed by atoms with E-state index in [2.05, 4.69) is 26.9 Å². The first kappa shape index (κ1) is 15.3. The molecule has 1 amide bonds. The van der Waals surface area contributed by atoms with Crippen LogP contribution < -0.4 is 16.0 Å². The van der Waals surface area contributed by atoms with Gasteiger partial charge in [0.2, 0.25) is 5.91 Å². The molecule has 0 aromatic carbocycles. The van der Waals surface area contributed by atoms with Gasteiger partial charge in [-0.05, 0) is 20.8 Å². The summed E-state index contributed by atoms with van der Waals surface area (Å²) >= 11 is 0. The Hall–Kier alpha value is -1.70. The molecule has 0 heterocycles. The first-order valence-corrected chi connectivity index (χ1v) is 5.85. The third-order valence-electron chi connectivity index (χ3n) is 1.76. The van der Waals surface area contributed by atoms with Crippen molar-refractivity contribution in [2.45, 2.75) is 33.2 Å². The van der Waals surface area contributed by atoms with Crippen molar-refractivity contribution in [3.8, 4) is 12.3 Å². The fourth-order valence-electron chi connectivity index (χ4n) is 1.14. The van der Waals surface area contributed by atoms with Gasteiger partial charge in [0.25, 0.3) is 0 Å². The normalized spacial score (nSPS) is 10.9. The molecule has 5 nitrogen and oxygen atoms in total. The van der Waals surface area contributed by atoms with Gasteiger partial charge in [-0.2, -0.15) is 0 Å². The molecule has 0 aromatic rings. The molecule has 0 aliphatic heterocycles. The number of amides is 1. The highest BCUT2D eigenvalue weighted by atomic mass is 16.1. The molecule has 17 heavy (non-hydrogen) atoms. The summed E-state index contributed by atoms with van der Waals surface area (Å²) in [7, 11) is 0. The molecular weight excluding hydrogens is 216 g/mol. The minimum Gasteiger partial charge on any atom is -0.357 e. The highest BCUT2D eigenvalue weighted by Gasteiger charge is 2.02. The fraction of sp³-hybridized carbons (Fsp3) is 0.667. The van der Waals surface area contributed by atoms with Gasteiger partial charge in [0.1, 0.15) is 0 Å². The van der Waals surface area contributed by atoms with Crippen molar-refractivity contribution in [3.63, 3.8) is 0 Å². The van der Waals surface area contributed by atoms with Crippen LogP contribution >= 0.6 is 0 Å². The number of carbonyl (C=O) groups excluding carboxylic acids is 1. The van der Waals surface area contributed by atoms with E-state index in [0.29, 0.717) is 25.5 Å². The van der Waals surface area contributed by atoms with Crippen molar-refractivity contribution in [2.75, 3.05) is 19.6 Å². The summed E-state index contributed by atoms with van der Waals surface area (Å²) in [4.78, 5) is 15.6. The van der Waals surface area contributed by atoms with E-state index in [1.165, 1.54) is 0 Å². The number of carbonyl (C=O) groups is 1. The average molecular weight is 238 g/mol. The second-order valence-electron chi connectivity index (χ2n) is 3.79. The van der Waals surface area contributed by atoms with Crippen LogP contribution in [-0.4, -0.2) is 37.5 Å². The quantitative estimate of drug-likeness (QED) is 0.349. The molecule has 5 heteroatoms. The van der Waals surface area contributed by atoms with Crippen molar-refractivity contribution in [1.29, 1.82) is 0 Å². The van der Waals surface area contributed by atoms with Gasteiger partial charge < -0.3 is 16.0 Å². The second kappa shape index (κ2) is 9.52. The molecule has 0 radical (unpaired) electrons. The molecule has 0 aliphatic rings. The number of guanidine groups is 1. The lowest BCUT2D eigenvalue weighted by Crippen LogP contribution is -2.37.